The van der Waals surface area contributed by atoms with E-state index in [9.17, 15) is 19.2 Å². The topological polar surface area (TPSA) is 136 Å². The normalized spacial score (nSPS) is 12.3. The number of nitrogens with one attached hydrogen (secondary N) is 3. The molecule has 0 saturated heterocycles. The fraction of sp³-hybridized carbons (Fsp3) is 0.270. The lowest BCUT2D eigenvalue weighted by atomic mass is 9.96. The van der Waals surface area contributed by atoms with Crippen molar-refractivity contribution in [1.82, 2.24) is 20.9 Å². The number of ether oxygens (including phenoxy) is 2. The summed E-state index contributed by atoms with van der Waals surface area (Å²) in [5.41, 5.74) is 2.52. The lowest BCUT2D eigenvalue weighted by Crippen LogP contribution is -2.59. The third-order valence-electron chi connectivity index (χ3n) is 7.45. The number of alkyl carbamates (subject to hydrolysis) is 1. The molecule has 3 aromatic carbocycles. The maximum absolute atomic E-state index is 15.4. The van der Waals surface area contributed by atoms with Crippen LogP contribution >= 0.6 is 0 Å². The van der Waals surface area contributed by atoms with Crippen molar-refractivity contribution in [3.8, 4) is 5.75 Å². The quantitative estimate of drug-likeness (QED) is 0.140. The molecular weight excluding hydrogens is 634 g/mol. The van der Waals surface area contributed by atoms with Gasteiger partial charge >= 0.3 is 12.0 Å². The highest BCUT2D eigenvalue weighted by atomic mass is 19.3. The molecule has 0 fully saturated rings. The number of ketones is 1. The van der Waals surface area contributed by atoms with E-state index in [0.29, 0.717) is 23.5 Å². The minimum Gasteiger partial charge on any atom is -0.489 e. The van der Waals surface area contributed by atoms with E-state index in [-0.39, 0.29) is 19.6 Å². The largest absolute Gasteiger partial charge is 0.489 e. The van der Waals surface area contributed by atoms with Gasteiger partial charge in [-0.3, -0.25) is 19.4 Å². The van der Waals surface area contributed by atoms with Gasteiger partial charge in [-0.1, -0.05) is 92.7 Å². The summed E-state index contributed by atoms with van der Waals surface area (Å²) < 4.78 is 41.9. The molecule has 0 saturated carbocycles. The van der Waals surface area contributed by atoms with Crippen molar-refractivity contribution in [2.45, 2.75) is 58.0 Å². The Hall–Kier alpha value is -5.65. The Balaban J connectivity index is 1.48. The number of carbonyl (C=O) groups is 4. The van der Waals surface area contributed by atoms with E-state index in [4.69, 9.17) is 9.47 Å². The van der Waals surface area contributed by atoms with Crippen LogP contribution in [0.15, 0.2) is 109 Å². The molecule has 0 aliphatic carbocycles. The first-order chi connectivity index (χ1) is 23.5. The molecule has 256 valence electrons. The average molecular weight is 673 g/mol. The zero-order valence-corrected chi connectivity index (χ0v) is 27.1. The van der Waals surface area contributed by atoms with Crippen LogP contribution in [0, 0.1) is 5.92 Å². The highest BCUT2D eigenvalue weighted by Crippen LogP contribution is 2.22. The average Bonchev–Trinajstić information content (AvgIpc) is 3.12. The Morgan fingerprint density at radius 3 is 1.96 bits per heavy atom. The summed E-state index contributed by atoms with van der Waals surface area (Å²) in [6.07, 6.45) is 1.59. The summed E-state index contributed by atoms with van der Waals surface area (Å²) in [6.45, 7) is 3.21. The number of hydrogen-bond acceptors (Lipinski definition) is 7. The van der Waals surface area contributed by atoms with Gasteiger partial charge in [-0.05, 0) is 46.4 Å². The number of rotatable bonds is 16. The first-order valence-electron chi connectivity index (χ1n) is 15.7. The zero-order chi connectivity index (χ0) is 35.2. The van der Waals surface area contributed by atoms with E-state index in [2.05, 4.69) is 20.9 Å². The number of nitrogens with zero attached hydrogens (tertiary/aromatic N) is 1. The third-order valence-corrected chi connectivity index (χ3v) is 7.45. The van der Waals surface area contributed by atoms with Crippen LogP contribution < -0.4 is 20.7 Å². The second-order valence-corrected chi connectivity index (χ2v) is 11.6. The van der Waals surface area contributed by atoms with E-state index in [0.717, 1.165) is 11.1 Å². The van der Waals surface area contributed by atoms with Gasteiger partial charge < -0.3 is 25.4 Å². The molecule has 4 aromatic rings. The summed E-state index contributed by atoms with van der Waals surface area (Å²) in [7, 11) is 0. The molecule has 4 rings (SSSR count). The van der Waals surface area contributed by atoms with E-state index in [1.165, 1.54) is 12.4 Å². The number of amides is 3. The van der Waals surface area contributed by atoms with Crippen molar-refractivity contribution in [2.75, 3.05) is 0 Å². The van der Waals surface area contributed by atoms with Crippen LogP contribution in [0.4, 0.5) is 13.6 Å². The van der Waals surface area contributed by atoms with Gasteiger partial charge in [-0.15, -0.1) is 0 Å². The van der Waals surface area contributed by atoms with E-state index in [1.54, 1.807) is 74.5 Å². The molecular formula is C37H38F2N4O6. The van der Waals surface area contributed by atoms with Crippen molar-refractivity contribution in [2.24, 2.45) is 5.92 Å². The highest BCUT2D eigenvalue weighted by Gasteiger charge is 2.50. The van der Waals surface area contributed by atoms with Gasteiger partial charge in [0.2, 0.25) is 11.7 Å². The third kappa shape index (κ3) is 11.0. The van der Waals surface area contributed by atoms with Gasteiger partial charge in [0.1, 0.15) is 25.0 Å². The molecule has 1 unspecified atom stereocenters. The van der Waals surface area contributed by atoms with Crippen LogP contribution in [0.5, 0.6) is 5.75 Å². The van der Waals surface area contributed by atoms with Crippen LogP contribution in [0.1, 0.15) is 36.1 Å². The predicted octanol–water partition coefficient (Wildman–Crippen LogP) is 5.16. The minimum absolute atomic E-state index is 0.0638. The summed E-state index contributed by atoms with van der Waals surface area (Å²) in [4.78, 5) is 56.0. The van der Waals surface area contributed by atoms with E-state index in [1.807, 2.05) is 36.4 Å². The zero-order valence-electron chi connectivity index (χ0n) is 27.1. The lowest BCUT2D eigenvalue weighted by molar-refractivity contribution is -0.160. The van der Waals surface area contributed by atoms with Crippen LogP contribution in [-0.2, 0) is 45.3 Å². The van der Waals surface area contributed by atoms with Crippen LogP contribution in [0.2, 0.25) is 0 Å². The van der Waals surface area contributed by atoms with Crippen molar-refractivity contribution >= 4 is 23.7 Å². The monoisotopic (exact) mass is 672 g/mol. The summed E-state index contributed by atoms with van der Waals surface area (Å²) in [5, 5.41) is 6.89. The lowest BCUT2D eigenvalue weighted by Gasteiger charge is -2.27. The molecule has 2 atom stereocenters. The molecule has 0 spiro atoms. The van der Waals surface area contributed by atoms with Crippen molar-refractivity contribution in [1.29, 1.82) is 0 Å². The van der Waals surface area contributed by atoms with Gasteiger partial charge in [-0.25, -0.2) is 4.79 Å². The smallest absolute Gasteiger partial charge is 0.408 e. The number of Topliss-reactive ketones (excluding diaryl/α,β-unsaturated/α-hetero) is 1. The van der Waals surface area contributed by atoms with Crippen LogP contribution in [-0.4, -0.2) is 46.7 Å². The molecule has 10 nitrogen and oxygen atoms in total. The summed E-state index contributed by atoms with van der Waals surface area (Å²) >= 11 is 0. The van der Waals surface area contributed by atoms with Crippen molar-refractivity contribution in [3.05, 3.63) is 132 Å². The number of pyridine rings is 1. The number of benzene rings is 3. The molecule has 0 radical (unpaired) electrons. The first kappa shape index (κ1) is 36.2. The second-order valence-electron chi connectivity index (χ2n) is 11.6. The minimum atomic E-state index is -4.51. The Morgan fingerprint density at radius 2 is 1.37 bits per heavy atom. The fourth-order valence-corrected chi connectivity index (χ4v) is 4.72. The van der Waals surface area contributed by atoms with Gasteiger partial charge in [0.05, 0.1) is 6.04 Å². The van der Waals surface area contributed by atoms with E-state index >= 15 is 8.78 Å². The number of alkyl halides is 2. The van der Waals surface area contributed by atoms with Gasteiger partial charge in [0.25, 0.3) is 5.91 Å². The molecule has 1 aromatic heterocycles. The maximum atomic E-state index is 15.4. The van der Waals surface area contributed by atoms with Gasteiger partial charge in [-0.2, -0.15) is 8.78 Å². The van der Waals surface area contributed by atoms with Crippen LogP contribution in [0.3, 0.4) is 0 Å². The Bertz CT molecular complexity index is 1670. The number of hydrogen-bond donors (Lipinski definition) is 3. The first-order valence-corrected chi connectivity index (χ1v) is 15.7. The predicted molar refractivity (Wildman–Crippen MR) is 177 cm³/mol. The molecule has 0 aliphatic rings. The number of halogens is 2. The molecule has 1 heterocycles. The molecule has 0 bridgehead atoms. The molecule has 49 heavy (non-hydrogen) atoms. The van der Waals surface area contributed by atoms with Crippen LogP contribution in [0.25, 0.3) is 0 Å². The van der Waals surface area contributed by atoms with Crippen molar-refractivity contribution in [3.63, 3.8) is 0 Å². The Morgan fingerprint density at radius 1 is 0.755 bits per heavy atom. The van der Waals surface area contributed by atoms with Gasteiger partial charge in [0, 0.05) is 25.4 Å². The highest BCUT2D eigenvalue weighted by molar-refractivity contribution is 6.10. The Kier molecular flexibility index (Phi) is 12.9. The Labute approximate surface area is 283 Å². The van der Waals surface area contributed by atoms with Crippen molar-refractivity contribution < 1.29 is 37.4 Å². The fourth-order valence-electron chi connectivity index (χ4n) is 4.72. The standard InChI is InChI=1S/C37H38F2N4O6/c1-25(2)32(43-36(47)49-24-28-12-7-4-8-13-28)34(45)42-31(33(44)37(38,39)35(46)41-22-29-14-9-19-40-21-29)20-26-15-17-30(18-16-26)48-23-27-10-5-3-6-11-27/h3-19,21,25,31-32H,20,22-24H2,1-2H3,(H,41,46)(H,42,45)(H,43,47)/t31?,32-/m0/s1. The van der Waals surface area contributed by atoms with Gasteiger partial charge in [0.15, 0.2) is 0 Å². The summed E-state index contributed by atoms with van der Waals surface area (Å²) in [5.74, 6) is -9.08. The maximum Gasteiger partial charge on any atom is 0.408 e. The van der Waals surface area contributed by atoms with E-state index < -0.39 is 47.6 Å². The molecule has 12 heteroatoms. The SMILES string of the molecule is CC(C)[C@H](NC(=O)OCc1ccccc1)C(=O)NC(Cc1ccc(OCc2ccccc2)cc1)C(=O)C(F)(F)C(=O)NCc1cccnc1. The summed E-state index contributed by atoms with van der Waals surface area (Å²) in [6, 6.07) is 24.8. The number of aromatic nitrogens is 1. The number of carbonyl (C=O) groups excluding carboxylic acids is 4. The molecule has 3 amide bonds. The molecule has 0 aliphatic heterocycles. The molecule has 3 N–H and O–H groups in total. The second kappa shape index (κ2) is 17.5.